The monoisotopic (exact) mass is 380 g/mol. The molecule has 4 nitrogen and oxygen atoms in total. The highest BCUT2D eigenvalue weighted by Gasteiger charge is 2.33. The lowest BCUT2D eigenvalue weighted by Gasteiger charge is -2.13. The quantitative estimate of drug-likeness (QED) is 0.471. The number of fused-ring (bicyclic) bond motifs is 3. The predicted octanol–water partition coefficient (Wildman–Crippen LogP) is 5.44. The molecule has 2 heterocycles. The lowest BCUT2D eigenvalue weighted by atomic mass is 10.2. The molecule has 1 N–H and O–H groups in total. The number of imidazole rings is 1. The van der Waals surface area contributed by atoms with Crippen LogP contribution in [0, 0.1) is 5.82 Å². The first-order chi connectivity index (χ1) is 12.3. The van der Waals surface area contributed by atoms with Gasteiger partial charge in [0.05, 0.1) is 16.1 Å². The largest absolute Gasteiger partial charge is 0.417 e. The molecule has 0 fully saturated rings. The molecule has 0 aliphatic heterocycles. The second kappa shape index (κ2) is 5.84. The van der Waals surface area contributed by atoms with Crippen molar-refractivity contribution in [1.82, 2.24) is 14.4 Å². The number of para-hydroxylation sites is 1. The van der Waals surface area contributed by atoms with E-state index in [0.717, 1.165) is 12.1 Å². The van der Waals surface area contributed by atoms with Crippen molar-refractivity contribution >= 4 is 39.8 Å². The minimum Gasteiger partial charge on any atom is -0.337 e. The first kappa shape index (κ1) is 16.6. The molecule has 0 aliphatic carbocycles. The molecule has 0 atom stereocenters. The smallest absolute Gasteiger partial charge is 0.337 e. The van der Waals surface area contributed by atoms with Crippen LogP contribution < -0.4 is 5.32 Å². The van der Waals surface area contributed by atoms with Crippen LogP contribution in [-0.2, 0) is 6.18 Å². The zero-order valence-electron chi connectivity index (χ0n) is 12.9. The van der Waals surface area contributed by atoms with Gasteiger partial charge in [0.2, 0.25) is 0 Å². The third kappa shape index (κ3) is 2.72. The lowest BCUT2D eigenvalue weighted by Crippen LogP contribution is -2.06. The molecule has 0 spiro atoms. The van der Waals surface area contributed by atoms with Crippen molar-refractivity contribution in [1.29, 1.82) is 0 Å². The highest BCUT2D eigenvalue weighted by atomic mass is 35.5. The van der Waals surface area contributed by atoms with Crippen LogP contribution in [0.25, 0.3) is 16.7 Å². The van der Waals surface area contributed by atoms with Crippen LogP contribution in [0.2, 0.25) is 5.02 Å². The summed E-state index contributed by atoms with van der Waals surface area (Å²) in [4.78, 5) is 8.48. The Bertz CT molecular complexity index is 1140. The van der Waals surface area contributed by atoms with E-state index in [-0.39, 0.29) is 11.3 Å². The van der Waals surface area contributed by atoms with E-state index in [1.807, 2.05) is 0 Å². The Kier molecular flexibility index (Phi) is 3.73. The first-order valence-electron chi connectivity index (χ1n) is 7.39. The summed E-state index contributed by atoms with van der Waals surface area (Å²) in [6.07, 6.45) is -1.48. The Hall–Kier alpha value is -2.87. The number of rotatable bonds is 2. The van der Waals surface area contributed by atoms with Gasteiger partial charge in [-0.15, -0.1) is 0 Å². The van der Waals surface area contributed by atoms with Gasteiger partial charge in [0, 0.05) is 18.1 Å². The Morgan fingerprint density at radius 1 is 1.12 bits per heavy atom. The maximum Gasteiger partial charge on any atom is 0.417 e. The van der Waals surface area contributed by atoms with Gasteiger partial charge in [-0.25, -0.2) is 14.4 Å². The molecule has 2 aromatic heterocycles. The van der Waals surface area contributed by atoms with Crippen LogP contribution in [-0.4, -0.2) is 14.4 Å². The van der Waals surface area contributed by atoms with E-state index in [1.54, 1.807) is 12.3 Å². The highest BCUT2D eigenvalue weighted by molar-refractivity contribution is 6.31. The van der Waals surface area contributed by atoms with Crippen molar-refractivity contribution in [3.63, 3.8) is 0 Å². The van der Waals surface area contributed by atoms with Crippen LogP contribution in [0.1, 0.15) is 5.56 Å². The van der Waals surface area contributed by atoms with E-state index in [2.05, 4.69) is 15.3 Å². The van der Waals surface area contributed by atoms with Crippen LogP contribution in [0.4, 0.5) is 29.1 Å². The fourth-order valence-corrected chi connectivity index (χ4v) is 2.99. The summed E-state index contributed by atoms with van der Waals surface area (Å²) in [5.74, 6) is -0.189. The number of hydrogen-bond acceptors (Lipinski definition) is 3. The normalized spacial score (nSPS) is 12.0. The lowest BCUT2D eigenvalue weighted by molar-refractivity contribution is -0.137. The summed E-state index contributed by atoms with van der Waals surface area (Å²) >= 11 is 5.74. The third-order valence-electron chi connectivity index (χ3n) is 3.83. The topological polar surface area (TPSA) is 42.2 Å². The van der Waals surface area contributed by atoms with E-state index in [1.165, 1.54) is 28.8 Å². The molecule has 2 aromatic carbocycles. The number of benzene rings is 2. The SMILES string of the molecule is Fc1cccc2nc(Nc3ccc(C(F)(F)F)c(Cl)c3)c3nccn3c12. The highest BCUT2D eigenvalue weighted by Crippen LogP contribution is 2.36. The van der Waals surface area contributed by atoms with Gasteiger partial charge in [-0.2, -0.15) is 13.2 Å². The zero-order valence-corrected chi connectivity index (χ0v) is 13.6. The van der Waals surface area contributed by atoms with E-state index < -0.39 is 22.6 Å². The van der Waals surface area contributed by atoms with E-state index >= 15 is 0 Å². The van der Waals surface area contributed by atoms with Gasteiger partial charge < -0.3 is 5.32 Å². The van der Waals surface area contributed by atoms with Gasteiger partial charge in [0.25, 0.3) is 0 Å². The van der Waals surface area contributed by atoms with E-state index in [0.29, 0.717) is 16.9 Å². The third-order valence-corrected chi connectivity index (χ3v) is 4.14. The van der Waals surface area contributed by atoms with Gasteiger partial charge in [-0.1, -0.05) is 17.7 Å². The minimum absolute atomic E-state index is 0.260. The Labute approximate surface area is 149 Å². The van der Waals surface area contributed by atoms with Crippen molar-refractivity contribution in [3.05, 3.63) is 65.2 Å². The fraction of sp³-hybridized carbons (Fsp3) is 0.0588. The Morgan fingerprint density at radius 3 is 2.65 bits per heavy atom. The summed E-state index contributed by atoms with van der Waals surface area (Å²) in [6.45, 7) is 0. The molecule has 4 rings (SSSR count). The summed E-state index contributed by atoms with van der Waals surface area (Å²) in [5, 5.41) is 2.46. The maximum atomic E-state index is 14.1. The molecular weight excluding hydrogens is 372 g/mol. The average molecular weight is 381 g/mol. The van der Waals surface area contributed by atoms with E-state index in [9.17, 15) is 17.6 Å². The zero-order chi connectivity index (χ0) is 18.5. The second-order valence-electron chi connectivity index (χ2n) is 5.51. The van der Waals surface area contributed by atoms with Crippen LogP contribution in [0.15, 0.2) is 48.8 Å². The van der Waals surface area contributed by atoms with Crippen molar-refractivity contribution in [2.24, 2.45) is 0 Å². The number of nitrogens with zero attached hydrogens (tertiary/aromatic N) is 3. The van der Waals surface area contributed by atoms with Gasteiger partial charge in [-0.05, 0) is 30.3 Å². The first-order valence-corrected chi connectivity index (χ1v) is 7.77. The summed E-state index contributed by atoms with van der Waals surface area (Å²) < 4.78 is 54.1. The summed E-state index contributed by atoms with van der Waals surface area (Å²) in [5.41, 5.74) is 0.339. The van der Waals surface area contributed by atoms with Crippen molar-refractivity contribution < 1.29 is 17.6 Å². The minimum atomic E-state index is -4.54. The number of anilines is 2. The van der Waals surface area contributed by atoms with Crippen LogP contribution in [0.5, 0.6) is 0 Å². The van der Waals surface area contributed by atoms with Crippen molar-refractivity contribution in [3.8, 4) is 0 Å². The van der Waals surface area contributed by atoms with E-state index in [4.69, 9.17) is 11.6 Å². The van der Waals surface area contributed by atoms with Gasteiger partial charge >= 0.3 is 6.18 Å². The number of hydrogen-bond donors (Lipinski definition) is 1. The van der Waals surface area contributed by atoms with Crippen LogP contribution >= 0.6 is 11.6 Å². The Balaban J connectivity index is 1.82. The van der Waals surface area contributed by atoms with Crippen LogP contribution in [0.3, 0.4) is 0 Å². The Morgan fingerprint density at radius 2 is 1.92 bits per heavy atom. The average Bonchev–Trinajstić information content (AvgIpc) is 3.03. The molecule has 4 aromatic rings. The molecule has 0 radical (unpaired) electrons. The summed E-state index contributed by atoms with van der Waals surface area (Å²) in [6, 6.07) is 7.74. The molecular formula is C17H9ClF4N4. The fourth-order valence-electron chi connectivity index (χ4n) is 2.71. The number of alkyl halides is 3. The number of nitrogens with one attached hydrogen (secondary N) is 1. The predicted molar refractivity (Wildman–Crippen MR) is 90.2 cm³/mol. The standard InChI is InChI=1S/C17H9ClF4N4/c18-11-8-9(4-5-10(11)17(20,21)22)24-15-16-23-6-7-26(16)14-12(19)2-1-3-13(14)25-15/h1-8H,(H,24,25). The summed E-state index contributed by atoms with van der Waals surface area (Å²) in [7, 11) is 0. The molecule has 0 aliphatic rings. The second-order valence-corrected chi connectivity index (χ2v) is 5.91. The molecule has 9 heteroatoms. The molecule has 0 saturated carbocycles. The molecule has 0 saturated heterocycles. The van der Waals surface area contributed by atoms with Gasteiger partial charge in [0.1, 0.15) is 11.3 Å². The molecule has 0 amide bonds. The van der Waals surface area contributed by atoms with Crippen molar-refractivity contribution in [2.45, 2.75) is 6.18 Å². The number of aromatic nitrogens is 3. The molecule has 132 valence electrons. The maximum absolute atomic E-state index is 14.1. The molecule has 0 bridgehead atoms. The molecule has 26 heavy (non-hydrogen) atoms. The molecule has 0 unspecified atom stereocenters. The van der Waals surface area contributed by atoms with Gasteiger partial charge in [-0.3, -0.25) is 4.40 Å². The van der Waals surface area contributed by atoms with Crippen molar-refractivity contribution in [2.75, 3.05) is 5.32 Å². The number of halogens is 5. The van der Waals surface area contributed by atoms with Gasteiger partial charge in [0.15, 0.2) is 11.5 Å².